The van der Waals surface area contributed by atoms with E-state index in [1.165, 1.54) is 22.3 Å². The zero-order valence-electron chi connectivity index (χ0n) is 29.6. The van der Waals surface area contributed by atoms with Crippen molar-refractivity contribution >= 4 is 49.8 Å². The van der Waals surface area contributed by atoms with Gasteiger partial charge in [-0.3, -0.25) is 0 Å². The first-order valence-electron chi connectivity index (χ1n) is 18.4. The lowest BCUT2D eigenvalue weighted by Crippen LogP contribution is -2.11. The Labute approximate surface area is 314 Å². The Morgan fingerprint density at radius 1 is 0.315 bits per heavy atom. The number of rotatable bonds is 7. The molecule has 0 atom stereocenters. The second kappa shape index (κ2) is 13.4. The maximum absolute atomic E-state index is 6.81. The lowest BCUT2D eigenvalue weighted by atomic mass is 9.94. The smallest absolute Gasteiger partial charge is 0.143 e. The van der Waals surface area contributed by atoms with Crippen molar-refractivity contribution in [2.45, 2.75) is 0 Å². The summed E-state index contributed by atoms with van der Waals surface area (Å²) < 4.78 is 6.81. The summed E-state index contributed by atoms with van der Waals surface area (Å²) in [7, 11) is 0. The van der Waals surface area contributed by atoms with Gasteiger partial charge < -0.3 is 9.32 Å². The topological polar surface area (TPSA) is 16.4 Å². The highest BCUT2D eigenvalue weighted by Crippen LogP contribution is 2.48. The molecule has 0 N–H and O–H groups in total. The van der Waals surface area contributed by atoms with Crippen LogP contribution in [0, 0.1) is 0 Å². The molecule has 1 heterocycles. The average molecular weight is 690 g/mol. The lowest BCUT2D eigenvalue weighted by Gasteiger charge is -2.29. The van der Waals surface area contributed by atoms with Crippen LogP contribution in [0.3, 0.4) is 0 Å². The molecular formula is C52H35NO. The van der Waals surface area contributed by atoms with Crippen LogP contribution in [0.25, 0.3) is 77.2 Å². The van der Waals surface area contributed by atoms with E-state index in [0.29, 0.717) is 0 Å². The summed E-state index contributed by atoms with van der Waals surface area (Å²) in [5.41, 5.74) is 14.5. The van der Waals surface area contributed by atoms with Gasteiger partial charge in [-0.15, -0.1) is 0 Å². The summed E-state index contributed by atoms with van der Waals surface area (Å²) in [5.74, 6) is 0. The number of benzene rings is 9. The molecule has 0 aliphatic carbocycles. The van der Waals surface area contributed by atoms with Gasteiger partial charge in [0.25, 0.3) is 0 Å². The average Bonchev–Trinajstić information content (AvgIpc) is 3.64. The van der Waals surface area contributed by atoms with Gasteiger partial charge in [0.05, 0.1) is 11.4 Å². The van der Waals surface area contributed by atoms with E-state index < -0.39 is 0 Å². The monoisotopic (exact) mass is 689 g/mol. The standard InChI is InChI=1S/C52H35NO/c1-4-16-36(17-5-1)38-30-32-39(33-31-38)43-24-12-13-28-48(43)53(42-22-8-3-9-23-42)49-35-47-51-44(41-21-14-20-40(34-41)37-18-6-2-7-19-37)27-15-29-50(51)54-52(47)46-26-11-10-25-45(46)49/h1-35H. The molecule has 0 spiro atoms. The first kappa shape index (κ1) is 31.6. The molecule has 0 aliphatic rings. The maximum atomic E-state index is 6.81. The molecule has 2 nitrogen and oxygen atoms in total. The molecule has 0 fully saturated rings. The van der Waals surface area contributed by atoms with Crippen molar-refractivity contribution in [1.29, 1.82) is 0 Å². The van der Waals surface area contributed by atoms with E-state index in [1.54, 1.807) is 0 Å². The predicted molar refractivity (Wildman–Crippen MR) is 228 cm³/mol. The molecule has 0 aliphatic heterocycles. The highest BCUT2D eigenvalue weighted by molar-refractivity contribution is 6.22. The predicted octanol–water partition coefficient (Wildman–Crippen LogP) is 14.9. The van der Waals surface area contributed by atoms with Crippen LogP contribution in [0.15, 0.2) is 217 Å². The largest absolute Gasteiger partial charge is 0.455 e. The van der Waals surface area contributed by atoms with Crippen LogP contribution in [-0.4, -0.2) is 0 Å². The van der Waals surface area contributed by atoms with Gasteiger partial charge in [0.1, 0.15) is 11.2 Å². The molecule has 54 heavy (non-hydrogen) atoms. The van der Waals surface area contributed by atoms with E-state index in [0.717, 1.165) is 72.0 Å². The number of furan rings is 1. The van der Waals surface area contributed by atoms with Gasteiger partial charge in [-0.2, -0.15) is 0 Å². The third-order valence-electron chi connectivity index (χ3n) is 10.5. The van der Waals surface area contributed by atoms with Crippen LogP contribution in [0.1, 0.15) is 0 Å². The van der Waals surface area contributed by atoms with E-state index >= 15 is 0 Å². The first-order valence-corrected chi connectivity index (χ1v) is 18.4. The molecule has 0 saturated carbocycles. The Balaban J connectivity index is 1.21. The van der Waals surface area contributed by atoms with Crippen LogP contribution in [0.5, 0.6) is 0 Å². The van der Waals surface area contributed by atoms with Crippen LogP contribution in [-0.2, 0) is 0 Å². The normalized spacial score (nSPS) is 11.3. The number of para-hydroxylation sites is 2. The van der Waals surface area contributed by atoms with Crippen LogP contribution < -0.4 is 4.90 Å². The Bertz CT molecular complexity index is 2910. The quantitative estimate of drug-likeness (QED) is 0.166. The zero-order chi connectivity index (χ0) is 35.8. The summed E-state index contributed by atoms with van der Waals surface area (Å²) in [6, 6.07) is 75.7. The number of hydrogen-bond acceptors (Lipinski definition) is 2. The van der Waals surface area contributed by atoms with Crippen LogP contribution in [0.2, 0.25) is 0 Å². The molecule has 0 unspecified atom stereocenters. The highest BCUT2D eigenvalue weighted by atomic mass is 16.3. The molecule has 0 radical (unpaired) electrons. The summed E-state index contributed by atoms with van der Waals surface area (Å²) in [6.45, 7) is 0. The fourth-order valence-electron chi connectivity index (χ4n) is 7.92. The fraction of sp³-hybridized carbons (Fsp3) is 0. The minimum absolute atomic E-state index is 0.875. The van der Waals surface area contributed by atoms with Gasteiger partial charge in [-0.05, 0) is 75.3 Å². The van der Waals surface area contributed by atoms with Crippen molar-refractivity contribution in [3.8, 4) is 44.5 Å². The van der Waals surface area contributed by atoms with Gasteiger partial charge in [-0.25, -0.2) is 0 Å². The fourth-order valence-corrected chi connectivity index (χ4v) is 7.92. The highest BCUT2D eigenvalue weighted by Gasteiger charge is 2.23. The summed E-state index contributed by atoms with van der Waals surface area (Å²) in [5, 5.41) is 4.40. The minimum atomic E-state index is 0.875. The van der Waals surface area contributed by atoms with Crippen molar-refractivity contribution in [3.05, 3.63) is 212 Å². The van der Waals surface area contributed by atoms with Crippen molar-refractivity contribution in [2.75, 3.05) is 4.90 Å². The number of nitrogens with zero attached hydrogens (tertiary/aromatic N) is 1. The van der Waals surface area contributed by atoms with E-state index in [1.807, 2.05) is 0 Å². The maximum Gasteiger partial charge on any atom is 0.143 e. The van der Waals surface area contributed by atoms with Gasteiger partial charge in [0, 0.05) is 32.8 Å². The molecule has 0 bridgehead atoms. The van der Waals surface area contributed by atoms with E-state index in [9.17, 15) is 0 Å². The Kier molecular flexibility index (Phi) is 7.85. The van der Waals surface area contributed by atoms with E-state index in [2.05, 4.69) is 217 Å². The zero-order valence-corrected chi connectivity index (χ0v) is 29.6. The number of hydrogen-bond donors (Lipinski definition) is 0. The molecule has 0 amide bonds. The molecule has 10 rings (SSSR count). The van der Waals surface area contributed by atoms with Crippen molar-refractivity contribution in [3.63, 3.8) is 0 Å². The van der Waals surface area contributed by atoms with Crippen molar-refractivity contribution in [1.82, 2.24) is 0 Å². The molecule has 9 aromatic carbocycles. The first-order chi connectivity index (χ1) is 26.8. The van der Waals surface area contributed by atoms with Crippen molar-refractivity contribution < 1.29 is 4.42 Å². The summed E-state index contributed by atoms with van der Waals surface area (Å²) in [4.78, 5) is 2.42. The van der Waals surface area contributed by atoms with Crippen LogP contribution in [0.4, 0.5) is 17.1 Å². The van der Waals surface area contributed by atoms with E-state index in [4.69, 9.17) is 4.42 Å². The van der Waals surface area contributed by atoms with Gasteiger partial charge in [0.15, 0.2) is 0 Å². The minimum Gasteiger partial charge on any atom is -0.455 e. The molecule has 2 heteroatoms. The third-order valence-corrected chi connectivity index (χ3v) is 10.5. The van der Waals surface area contributed by atoms with Crippen molar-refractivity contribution in [2.24, 2.45) is 0 Å². The van der Waals surface area contributed by atoms with E-state index in [-0.39, 0.29) is 0 Å². The number of fused-ring (bicyclic) bond motifs is 5. The summed E-state index contributed by atoms with van der Waals surface area (Å²) in [6.07, 6.45) is 0. The molecule has 0 saturated heterocycles. The summed E-state index contributed by atoms with van der Waals surface area (Å²) >= 11 is 0. The molecule has 10 aromatic rings. The second-order valence-corrected chi connectivity index (χ2v) is 13.7. The molecule has 1 aromatic heterocycles. The van der Waals surface area contributed by atoms with Crippen LogP contribution >= 0.6 is 0 Å². The third kappa shape index (κ3) is 5.53. The molecular weight excluding hydrogens is 655 g/mol. The van der Waals surface area contributed by atoms with Gasteiger partial charge >= 0.3 is 0 Å². The van der Waals surface area contributed by atoms with Gasteiger partial charge in [0.2, 0.25) is 0 Å². The number of anilines is 3. The van der Waals surface area contributed by atoms with Gasteiger partial charge in [-0.1, -0.05) is 176 Å². The Morgan fingerprint density at radius 3 is 1.61 bits per heavy atom. The Morgan fingerprint density at radius 2 is 0.852 bits per heavy atom. The lowest BCUT2D eigenvalue weighted by molar-refractivity contribution is 0.673. The Hall–Kier alpha value is -7.16. The SMILES string of the molecule is c1ccc(-c2ccc(-c3ccccc3N(c3ccccc3)c3cc4c(oc5cccc(-c6cccc(-c7ccccc7)c6)c54)c4ccccc34)cc2)cc1. The second-order valence-electron chi connectivity index (χ2n) is 13.7. The molecule has 254 valence electrons.